The van der Waals surface area contributed by atoms with E-state index in [1.165, 1.54) is 22.5 Å². The Morgan fingerprint density at radius 2 is 1.88 bits per heavy atom. The monoisotopic (exact) mass is 476 g/mol. The predicted molar refractivity (Wildman–Crippen MR) is 135 cm³/mol. The molecule has 1 unspecified atom stereocenters. The van der Waals surface area contributed by atoms with Crippen molar-refractivity contribution in [2.75, 3.05) is 29.9 Å². The minimum atomic E-state index is -0.998. The Labute approximate surface area is 203 Å². The molecule has 0 spiro atoms. The SMILES string of the molecule is C[C@@H]1CN(c2ccc(C(=O)Nc3scc(C4CCc5ccccc5C4)c3C(=O)O)cc2)CCO1. The Balaban J connectivity index is 1.32. The topological polar surface area (TPSA) is 78.9 Å². The van der Waals surface area contributed by atoms with Crippen molar-refractivity contribution in [1.82, 2.24) is 0 Å². The second-order valence-electron chi connectivity index (χ2n) is 9.04. The van der Waals surface area contributed by atoms with Gasteiger partial charge in [-0.05, 0) is 78.4 Å². The zero-order chi connectivity index (χ0) is 23.7. The molecule has 1 aromatic heterocycles. The normalized spacial score (nSPS) is 20.0. The molecule has 2 N–H and O–H groups in total. The molecule has 1 aliphatic heterocycles. The fourth-order valence-electron chi connectivity index (χ4n) is 5.00. The second-order valence-corrected chi connectivity index (χ2v) is 9.92. The van der Waals surface area contributed by atoms with Crippen molar-refractivity contribution in [3.63, 3.8) is 0 Å². The number of morpholine rings is 1. The largest absolute Gasteiger partial charge is 0.478 e. The van der Waals surface area contributed by atoms with Crippen LogP contribution in [-0.4, -0.2) is 42.8 Å². The summed E-state index contributed by atoms with van der Waals surface area (Å²) in [7, 11) is 0. The number of amides is 1. The molecule has 1 aliphatic carbocycles. The number of nitrogens with zero attached hydrogens (tertiary/aromatic N) is 1. The van der Waals surface area contributed by atoms with Gasteiger partial charge in [-0.15, -0.1) is 11.3 Å². The van der Waals surface area contributed by atoms with E-state index < -0.39 is 5.97 Å². The molecule has 176 valence electrons. The molecule has 2 heterocycles. The number of ether oxygens (including phenoxy) is 1. The van der Waals surface area contributed by atoms with Crippen molar-refractivity contribution < 1.29 is 19.4 Å². The van der Waals surface area contributed by atoms with Gasteiger partial charge in [0.1, 0.15) is 5.00 Å². The molecule has 2 atom stereocenters. The molecule has 1 saturated heterocycles. The van der Waals surface area contributed by atoms with Gasteiger partial charge in [0.05, 0.1) is 18.3 Å². The fourth-order valence-corrected chi connectivity index (χ4v) is 6.03. The van der Waals surface area contributed by atoms with E-state index in [1.807, 2.05) is 29.6 Å². The van der Waals surface area contributed by atoms with Gasteiger partial charge in [-0.25, -0.2) is 4.79 Å². The molecule has 3 aromatic rings. The maximum atomic E-state index is 12.9. The van der Waals surface area contributed by atoms with Crippen LogP contribution in [0.5, 0.6) is 0 Å². The fraction of sp³-hybridized carbons (Fsp3) is 0.333. The Morgan fingerprint density at radius 3 is 2.62 bits per heavy atom. The number of nitrogens with one attached hydrogen (secondary N) is 1. The number of anilines is 2. The van der Waals surface area contributed by atoms with Crippen LogP contribution in [0.2, 0.25) is 0 Å². The van der Waals surface area contributed by atoms with Crippen LogP contribution in [0.1, 0.15) is 56.7 Å². The zero-order valence-electron chi connectivity index (χ0n) is 19.1. The average Bonchev–Trinajstić information content (AvgIpc) is 3.27. The van der Waals surface area contributed by atoms with Crippen LogP contribution in [0.3, 0.4) is 0 Å². The van der Waals surface area contributed by atoms with Crippen molar-refractivity contribution in [1.29, 1.82) is 0 Å². The second kappa shape index (κ2) is 9.60. The zero-order valence-corrected chi connectivity index (χ0v) is 19.9. The Morgan fingerprint density at radius 1 is 1.12 bits per heavy atom. The maximum Gasteiger partial charge on any atom is 0.339 e. The molecular weight excluding hydrogens is 448 g/mol. The van der Waals surface area contributed by atoms with Gasteiger partial charge in [0.25, 0.3) is 5.91 Å². The molecule has 5 rings (SSSR count). The Bertz CT molecular complexity index is 1200. The molecule has 34 heavy (non-hydrogen) atoms. The van der Waals surface area contributed by atoms with Gasteiger partial charge in [0.2, 0.25) is 0 Å². The van der Waals surface area contributed by atoms with Crippen LogP contribution in [0.15, 0.2) is 53.9 Å². The lowest BCUT2D eigenvalue weighted by molar-refractivity contribution is 0.0532. The minimum Gasteiger partial charge on any atom is -0.478 e. The van der Waals surface area contributed by atoms with Gasteiger partial charge in [-0.2, -0.15) is 0 Å². The van der Waals surface area contributed by atoms with E-state index in [0.717, 1.165) is 43.6 Å². The first-order valence-electron chi connectivity index (χ1n) is 11.7. The maximum absolute atomic E-state index is 12.9. The molecule has 2 aromatic carbocycles. The molecule has 1 amide bonds. The Kier molecular flexibility index (Phi) is 6.39. The molecule has 7 heteroatoms. The average molecular weight is 477 g/mol. The molecule has 1 fully saturated rings. The van der Waals surface area contributed by atoms with Crippen molar-refractivity contribution in [2.24, 2.45) is 0 Å². The van der Waals surface area contributed by atoms with E-state index >= 15 is 0 Å². The first-order valence-corrected chi connectivity index (χ1v) is 12.6. The molecule has 2 aliphatic rings. The predicted octanol–water partition coefficient (Wildman–Crippen LogP) is 5.20. The quantitative estimate of drug-likeness (QED) is 0.529. The molecule has 0 bridgehead atoms. The van der Waals surface area contributed by atoms with Gasteiger partial charge in [-0.1, -0.05) is 24.3 Å². The van der Waals surface area contributed by atoms with Crippen LogP contribution in [0.25, 0.3) is 0 Å². The summed E-state index contributed by atoms with van der Waals surface area (Å²) in [6, 6.07) is 15.8. The summed E-state index contributed by atoms with van der Waals surface area (Å²) in [5.41, 5.74) is 5.22. The smallest absolute Gasteiger partial charge is 0.339 e. The summed E-state index contributed by atoms with van der Waals surface area (Å²) in [6.07, 6.45) is 2.84. The third-order valence-electron chi connectivity index (χ3n) is 6.78. The highest BCUT2D eigenvalue weighted by atomic mass is 32.1. The summed E-state index contributed by atoms with van der Waals surface area (Å²) in [6.45, 7) is 4.38. The van der Waals surface area contributed by atoms with Crippen molar-refractivity contribution in [3.05, 3.63) is 81.7 Å². The summed E-state index contributed by atoms with van der Waals surface area (Å²) in [5.74, 6) is -1.16. The van der Waals surface area contributed by atoms with E-state index in [1.54, 1.807) is 12.1 Å². The van der Waals surface area contributed by atoms with Crippen LogP contribution in [0, 0.1) is 0 Å². The molecule has 0 saturated carbocycles. The van der Waals surface area contributed by atoms with Crippen LogP contribution in [0.4, 0.5) is 10.7 Å². The molecular formula is C27H28N2O4S. The number of aryl methyl sites for hydroxylation is 1. The third kappa shape index (κ3) is 4.58. The summed E-state index contributed by atoms with van der Waals surface area (Å²) < 4.78 is 5.60. The first-order chi connectivity index (χ1) is 16.5. The molecule has 0 radical (unpaired) electrons. The Hall–Kier alpha value is -3.16. The van der Waals surface area contributed by atoms with Crippen molar-refractivity contribution in [3.8, 4) is 0 Å². The van der Waals surface area contributed by atoms with Crippen LogP contribution >= 0.6 is 11.3 Å². The van der Waals surface area contributed by atoms with Crippen molar-refractivity contribution in [2.45, 2.75) is 38.2 Å². The lowest BCUT2D eigenvalue weighted by Gasteiger charge is -2.33. The number of benzene rings is 2. The number of hydrogen-bond acceptors (Lipinski definition) is 5. The third-order valence-corrected chi connectivity index (χ3v) is 7.70. The van der Waals surface area contributed by atoms with Crippen molar-refractivity contribution >= 4 is 33.9 Å². The van der Waals surface area contributed by atoms with Gasteiger partial charge in [-0.3, -0.25) is 4.79 Å². The van der Waals surface area contributed by atoms with E-state index in [-0.39, 0.29) is 23.5 Å². The summed E-state index contributed by atoms with van der Waals surface area (Å²) in [5, 5.41) is 15.1. The number of thiophene rings is 1. The highest BCUT2D eigenvalue weighted by Crippen LogP contribution is 2.40. The van der Waals surface area contributed by atoms with E-state index in [4.69, 9.17) is 4.74 Å². The minimum absolute atomic E-state index is 0.137. The van der Waals surface area contributed by atoms with Gasteiger partial charge >= 0.3 is 5.97 Å². The first kappa shape index (κ1) is 22.6. The number of carbonyl (C=O) groups is 2. The van der Waals surface area contributed by atoms with Gasteiger partial charge < -0.3 is 20.1 Å². The number of carboxylic acid groups (broad SMARTS) is 1. The van der Waals surface area contributed by atoms with E-state index in [9.17, 15) is 14.7 Å². The number of carbonyl (C=O) groups excluding carboxylic acids is 1. The van der Waals surface area contributed by atoms with Gasteiger partial charge in [0.15, 0.2) is 0 Å². The number of hydrogen-bond donors (Lipinski definition) is 2. The lowest BCUT2D eigenvalue weighted by atomic mass is 9.80. The number of aromatic carboxylic acids is 1. The van der Waals surface area contributed by atoms with Crippen LogP contribution in [-0.2, 0) is 17.6 Å². The number of carboxylic acids is 1. The summed E-state index contributed by atoms with van der Waals surface area (Å²) in [4.78, 5) is 27.4. The number of fused-ring (bicyclic) bond motifs is 1. The highest BCUT2D eigenvalue weighted by Gasteiger charge is 2.28. The summed E-state index contributed by atoms with van der Waals surface area (Å²) >= 11 is 1.29. The highest BCUT2D eigenvalue weighted by molar-refractivity contribution is 7.15. The molecule has 6 nitrogen and oxygen atoms in total. The van der Waals surface area contributed by atoms with Gasteiger partial charge in [0, 0.05) is 24.3 Å². The lowest BCUT2D eigenvalue weighted by Crippen LogP contribution is -2.41. The van der Waals surface area contributed by atoms with E-state index in [0.29, 0.717) is 17.2 Å². The number of rotatable bonds is 5. The van der Waals surface area contributed by atoms with E-state index in [2.05, 4.69) is 29.3 Å². The standard InChI is InChI=1S/C27H28N2O4S/c1-17-15-29(12-13-33-17)22-10-8-19(9-11-22)25(30)28-26-24(27(31)32)23(16-34-26)21-7-6-18-4-2-3-5-20(18)14-21/h2-5,8-11,16-17,21H,6-7,12-15H2,1H3,(H,28,30)(H,31,32)/t17-,21?/m1/s1. The van der Waals surface area contributed by atoms with Crippen LogP contribution < -0.4 is 10.2 Å².